The van der Waals surface area contributed by atoms with E-state index < -0.39 is 0 Å². The lowest BCUT2D eigenvalue weighted by Crippen LogP contribution is -2.36. The number of halogens is 1. The van der Waals surface area contributed by atoms with Crippen molar-refractivity contribution in [1.29, 1.82) is 0 Å². The molecule has 126 valence electrons. The van der Waals surface area contributed by atoms with Crippen molar-refractivity contribution in [2.75, 3.05) is 36.5 Å². The van der Waals surface area contributed by atoms with E-state index in [0.29, 0.717) is 6.42 Å². The summed E-state index contributed by atoms with van der Waals surface area (Å²) in [6, 6.07) is 14.1. The van der Waals surface area contributed by atoms with Gasteiger partial charge in [-0.1, -0.05) is 28.1 Å². The van der Waals surface area contributed by atoms with Gasteiger partial charge in [0.1, 0.15) is 0 Å². The molecule has 0 aliphatic carbocycles. The molecule has 1 aliphatic rings. The van der Waals surface area contributed by atoms with Gasteiger partial charge in [0.05, 0.1) is 19.6 Å². The smallest absolute Gasteiger partial charge is 0.228 e. The Morgan fingerprint density at radius 2 is 1.88 bits per heavy atom. The highest BCUT2D eigenvalue weighted by molar-refractivity contribution is 9.10. The van der Waals surface area contributed by atoms with Gasteiger partial charge in [0.15, 0.2) is 0 Å². The number of aryl methyl sites for hydroxylation is 1. The van der Waals surface area contributed by atoms with Crippen LogP contribution in [0.4, 0.5) is 11.4 Å². The summed E-state index contributed by atoms with van der Waals surface area (Å²) in [6.07, 6.45) is 0.370. The van der Waals surface area contributed by atoms with Gasteiger partial charge in [0.2, 0.25) is 5.91 Å². The number of rotatable bonds is 4. The van der Waals surface area contributed by atoms with Crippen LogP contribution in [0.5, 0.6) is 0 Å². The predicted octanol–water partition coefficient (Wildman–Crippen LogP) is 3.78. The first-order valence-corrected chi connectivity index (χ1v) is 8.88. The molecule has 2 aromatic rings. The molecule has 3 rings (SSSR count). The third-order valence-corrected chi connectivity index (χ3v) is 4.46. The molecule has 1 N–H and O–H groups in total. The Balaban J connectivity index is 1.59. The van der Waals surface area contributed by atoms with Gasteiger partial charge < -0.3 is 15.0 Å². The van der Waals surface area contributed by atoms with E-state index in [4.69, 9.17) is 4.74 Å². The lowest BCUT2D eigenvalue weighted by atomic mass is 10.1. The second kappa shape index (κ2) is 7.81. The fourth-order valence-electron chi connectivity index (χ4n) is 2.85. The second-order valence-corrected chi connectivity index (χ2v) is 6.92. The number of amides is 1. The Kier molecular flexibility index (Phi) is 5.53. The maximum Gasteiger partial charge on any atom is 0.228 e. The SMILES string of the molecule is Cc1cc(Br)cc(NC(=O)Cc2ccc(N3CCOCC3)cc2)c1. The second-order valence-electron chi connectivity index (χ2n) is 6.01. The Labute approximate surface area is 150 Å². The van der Waals surface area contributed by atoms with Crippen LogP contribution in [0.1, 0.15) is 11.1 Å². The minimum atomic E-state index is -0.00776. The Morgan fingerprint density at radius 1 is 1.17 bits per heavy atom. The lowest BCUT2D eigenvalue weighted by Gasteiger charge is -2.28. The van der Waals surface area contributed by atoms with Crippen molar-refractivity contribution in [2.45, 2.75) is 13.3 Å². The quantitative estimate of drug-likeness (QED) is 0.866. The highest BCUT2D eigenvalue weighted by atomic mass is 79.9. The summed E-state index contributed by atoms with van der Waals surface area (Å²) in [7, 11) is 0. The number of nitrogens with one attached hydrogen (secondary N) is 1. The number of hydrogen-bond donors (Lipinski definition) is 1. The standard InChI is InChI=1S/C19H21BrN2O2/c1-14-10-16(20)13-17(11-14)21-19(23)12-15-2-4-18(5-3-15)22-6-8-24-9-7-22/h2-5,10-11,13H,6-9,12H2,1H3,(H,21,23). The van der Waals surface area contributed by atoms with Crippen LogP contribution in [-0.2, 0) is 16.0 Å². The lowest BCUT2D eigenvalue weighted by molar-refractivity contribution is -0.115. The molecule has 0 radical (unpaired) electrons. The first-order chi connectivity index (χ1) is 11.6. The van der Waals surface area contributed by atoms with E-state index >= 15 is 0 Å². The number of ether oxygens (including phenoxy) is 1. The van der Waals surface area contributed by atoms with Crippen LogP contribution < -0.4 is 10.2 Å². The minimum absolute atomic E-state index is 0.00776. The molecule has 0 bridgehead atoms. The van der Waals surface area contributed by atoms with Crippen LogP contribution in [0.25, 0.3) is 0 Å². The molecule has 4 nitrogen and oxygen atoms in total. The molecule has 5 heteroatoms. The fraction of sp³-hybridized carbons (Fsp3) is 0.316. The fourth-order valence-corrected chi connectivity index (χ4v) is 3.45. The van der Waals surface area contributed by atoms with Crippen LogP contribution in [0, 0.1) is 6.92 Å². The highest BCUT2D eigenvalue weighted by Crippen LogP contribution is 2.20. The molecular weight excluding hydrogens is 368 g/mol. The Hall–Kier alpha value is -1.85. The first kappa shape index (κ1) is 17.0. The van der Waals surface area contributed by atoms with E-state index in [1.54, 1.807) is 0 Å². The van der Waals surface area contributed by atoms with Crippen LogP contribution in [0.2, 0.25) is 0 Å². The van der Waals surface area contributed by atoms with Crippen LogP contribution >= 0.6 is 15.9 Å². The molecule has 0 spiro atoms. The maximum absolute atomic E-state index is 12.2. The zero-order valence-electron chi connectivity index (χ0n) is 13.7. The van der Waals surface area contributed by atoms with Gasteiger partial charge >= 0.3 is 0 Å². The molecule has 2 aromatic carbocycles. The molecule has 0 atom stereocenters. The predicted molar refractivity (Wildman–Crippen MR) is 101 cm³/mol. The number of nitrogens with zero attached hydrogens (tertiary/aromatic N) is 1. The molecule has 1 amide bonds. The molecule has 1 saturated heterocycles. The van der Waals surface area contributed by atoms with E-state index in [1.165, 1.54) is 5.69 Å². The van der Waals surface area contributed by atoms with Crippen molar-refractivity contribution < 1.29 is 9.53 Å². The summed E-state index contributed by atoms with van der Waals surface area (Å²) < 4.78 is 6.34. The summed E-state index contributed by atoms with van der Waals surface area (Å²) in [5.74, 6) is -0.00776. The van der Waals surface area contributed by atoms with Crippen LogP contribution in [-0.4, -0.2) is 32.2 Å². The zero-order chi connectivity index (χ0) is 16.9. The third-order valence-electron chi connectivity index (χ3n) is 4.00. The molecular formula is C19H21BrN2O2. The highest BCUT2D eigenvalue weighted by Gasteiger charge is 2.11. The zero-order valence-corrected chi connectivity index (χ0v) is 15.3. The van der Waals surface area contributed by atoms with E-state index in [-0.39, 0.29) is 5.91 Å². The van der Waals surface area contributed by atoms with Gasteiger partial charge in [0, 0.05) is 28.9 Å². The average molecular weight is 389 g/mol. The molecule has 1 aliphatic heterocycles. The summed E-state index contributed by atoms with van der Waals surface area (Å²) in [5, 5.41) is 2.95. The van der Waals surface area contributed by atoms with Gasteiger partial charge in [0.25, 0.3) is 0 Å². The summed E-state index contributed by atoms with van der Waals surface area (Å²) in [6.45, 7) is 5.39. The topological polar surface area (TPSA) is 41.6 Å². The molecule has 1 heterocycles. The van der Waals surface area contributed by atoms with Gasteiger partial charge in [-0.25, -0.2) is 0 Å². The van der Waals surface area contributed by atoms with Gasteiger partial charge in [-0.15, -0.1) is 0 Å². The normalized spacial score (nSPS) is 14.5. The maximum atomic E-state index is 12.2. The van der Waals surface area contributed by atoms with Gasteiger partial charge in [-0.2, -0.15) is 0 Å². The monoisotopic (exact) mass is 388 g/mol. The number of carbonyl (C=O) groups is 1. The Morgan fingerprint density at radius 3 is 2.54 bits per heavy atom. The van der Waals surface area contributed by atoms with Crippen molar-refractivity contribution in [1.82, 2.24) is 0 Å². The summed E-state index contributed by atoms with van der Waals surface area (Å²) in [5.41, 5.74) is 4.12. The van der Waals surface area contributed by atoms with E-state index in [1.807, 2.05) is 37.3 Å². The van der Waals surface area contributed by atoms with E-state index in [0.717, 1.165) is 47.6 Å². The van der Waals surface area contributed by atoms with Crippen molar-refractivity contribution >= 4 is 33.2 Å². The third kappa shape index (κ3) is 4.58. The molecule has 0 aromatic heterocycles. The van der Waals surface area contributed by atoms with Crippen molar-refractivity contribution in [3.05, 3.63) is 58.1 Å². The first-order valence-electron chi connectivity index (χ1n) is 8.09. The van der Waals surface area contributed by atoms with Gasteiger partial charge in [-0.05, 0) is 48.4 Å². The van der Waals surface area contributed by atoms with Crippen molar-refractivity contribution in [3.63, 3.8) is 0 Å². The van der Waals surface area contributed by atoms with Crippen molar-refractivity contribution in [3.8, 4) is 0 Å². The van der Waals surface area contributed by atoms with Crippen LogP contribution in [0.15, 0.2) is 46.9 Å². The number of carbonyl (C=O) groups excluding carboxylic acids is 1. The largest absolute Gasteiger partial charge is 0.378 e. The summed E-state index contributed by atoms with van der Waals surface area (Å²) >= 11 is 3.45. The number of benzene rings is 2. The molecule has 0 unspecified atom stereocenters. The van der Waals surface area contributed by atoms with E-state index in [2.05, 4.69) is 38.3 Å². The van der Waals surface area contributed by atoms with Gasteiger partial charge in [-0.3, -0.25) is 4.79 Å². The number of morpholine rings is 1. The Bertz CT molecular complexity index is 690. The summed E-state index contributed by atoms with van der Waals surface area (Å²) in [4.78, 5) is 14.5. The number of hydrogen-bond acceptors (Lipinski definition) is 3. The van der Waals surface area contributed by atoms with E-state index in [9.17, 15) is 4.79 Å². The van der Waals surface area contributed by atoms with Crippen molar-refractivity contribution in [2.24, 2.45) is 0 Å². The van der Waals surface area contributed by atoms with Crippen LogP contribution in [0.3, 0.4) is 0 Å². The average Bonchev–Trinajstić information content (AvgIpc) is 2.55. The molecule has 24 heavy (non-hydrogen) atoms. The molecule has 0 saturated carbocycles. The number of anilines is 2. The minimum Gasteiger partial charge on any atom is -0.378 e. The molecule has 1 fully saturated rings.